The first-order chi connectivity index (χ1) is 17.5. The monoisotopic (exact) mass is 528 g/mol. The van der Waals surface area contributed by atoms with Gasteiger partial charge in [0.25, 0.3) is 0 Å². The van der Waals surface area contributed by atoms with Gasteiger partial charge in [-0.3, -0.25) is 9.78 Å². The van der Waals surface area contributed by atoms with Crippen molar-refractivity contribution >= 4 is 40.0 Å². The van der Waals surface area contributed by atoms with Crippen LogP contribution in [0, 0.1) is 11.8 Å². The average Bonchev–Trinajstić information content (AvgIpc) is 3.42. The number of benzene rings is 1. The fourth-order valence-electron chi connectivity index (χ4n) is 5.27. The first-order valence-corrected chi connectivity index (χ1v) is 14.6. The number of aliphatic carboxylic acids is 1. The molecule has 0 saturated carbocycles. The molecule has 3 atom stereocenters. The first kappa shape index (κ1) is 26.9. The molecule has 2 N–H and O–H groups in total. The van der Waals surface area contributed by atoms with E-state index in [1.165, 1.54) is 4.21 Å². The number of thioether (sulfide) groups is 1. The number of methoxy groups -OCH3 is 1. The molecular formula is C28H36N2O4S2. The first-order valence-electron chi connectivity index (χ1n) is 12.7. The number of fused-ring (bicyclic) bond motifs is 1. The Bertz CT molecular complexity index is 1110. The molecule has 3 heterocycles. The van der Waals surface area contributed by atoms with Crippen molar-refractivity contribution in [1.29, 1.82) is 0 Å². The Balaban J connectivity index is 1.33. The fraction of sp³-hybridized carbons (Fsp3) is 0.500. The summed E-state index contributed by atoms with van der Waals surface area (Å²) in [5.41, 5.74) is 1.72. The molecule has 3 aromatic rings. The number of aliphatic hydroxyl groups excluding tert-OH is 1. The Morgan fingerprint density at radius 1 is 1.28 bits per heavy atom. The zero-order valence-corrected chi connectivity index (χ0v) is 22.5. The van der Waals surface area contributed by atoms with Gasteiger partial charge in [-0.25, -0.2) is 0 Å². The highest BCUT2D eigenvalue weighted by Crippen LogP contribution is 2.35. The van der Waals surface area contributed by atoms with Crippen LogP contribution in [0.5, 0.6) is 5.75 Å². The van der Waals surface area contributed by atoms with Crippen LogP contribution in [0.3, 0.4) is 0 Å². The second-order valence-electron chi connectivity index (χ2n) is 9.55. The number of aliphatic hydroxyl groups is 1. The van der Waals surface area contributed by atoms with Gasteiger partial charge in [0.2, 0.25) is 0 Å². The van der Waals surface area contributed by atoms with Crippen molar-refractivity contribution in [2.45, 2.75) is 48.8 Å². The van der Waals surface area contributed by atoms with E-state index in [9.17, 15) is 15.0 Å². The van der Waals surface area contributed by atoms with Gasteiger partial charge in [-0.2, -0.15) is 0 Å². The number of nitrogens with zero attached hydrogens (tertiary/aromatic N) is 2. The van der Waals surface area contributed by atoms with Crippen molar-refractivity contribution in [2.24, 2.45) is 11.8 Å². The summed E-state index contributed by atoms with van der Waals surface area (Å²) >= 11 is 3.71. The molecule has 194 valence electrons. The van der Waals surface area contributed by atoms with Crippen LogP contribution in [0.1, 0.15) is 50.2 Å². The standard InChI is InChI=1S/C28H36N2O4S2/c1-34-22-7-8-25-24(18-22)23(11-13-29-25)26(31)9-5-20-12-15-30(19-21(20)6-10-27(32)33)14-3-17-36-28-4-2-16-35-28/h2,4,7-8,11,13,16,18,20-21,26,31H,3,5-6,9-10,12,14-15,17,19H2,1H3,(H,32,33)/t20-,21-,26-/m1/s1. The van der Waals surface area contributed by atoms with E-state index in [0.29, 0.717) is 24.7 Å². The lowest BCUT2D eigenvalue weighted by molar-refractivity contribution is -0.137. The van der Waals surface area contributed by atoms with Crippen LogP contribution in [0.15, 0.2) is 52.2 Å². The highest BCUT2D eigenvalue weighted by molar-refractivity contribution is 8.01. The minimum Gasteiger partial charge on any atom is -0.497 e. The maximum atomic E-state index is 11.3. The van der Waals surface area contributed by atoms with Gasteiger partial charge in [-0.15, -0.1) is 23.1 Å². The molecule has 1 aromatic carbocycles. The SMILES string of the molecule is COc1ccc2nccc([C@H](O)CC[C@@H]3CCN(CCCSc4cccs4)C[C@H]3CCC(=O)O)c2c1. The number of piperidine rings is 1. The van der Waals surface area contributed by atoms with Crippen LogP contribution in [0.4, 0.5) is 0 Å². The molecule has 0 amide bonds. The molecule has 0 aliphatic carbocycles. The normalized spacial score (nSPS) is 19.4. The van der Waals surface area contributed by atoms with E-state index in [1.54, 1.807) is 24.6 Å². The Morgan fingerprint density at radius 2 is 2.17 bits per heavy atom. The zero-order chi connectivity index (χ0) is 25.3. The second kappa shape index (κ2) is 13.4. The van der Waals surface area contributed by atoms with E-state index in [-0.39, 0.29) is 6.42 Å². The number of hydrogen-bond acceptors (Lipinski definition) is 7. The van der Waals surface area contributed by atoms with Crippen molar-refractivity contribution in [3.05, 3.63) is 53.5 Å². The second-order valence-corrected chi connectivity index (χ2v) is 11.9. The Morgan fingerprint density at radius 3 is 2.94 bits per heavy atom. The topological polar surface area (TPSA) is 82.9 Å². The van der Waals surface area contributed by atoms with Crippen LogP contribution >= 0.6 is 23.1 Å². The lowest BCUT2D eigenvalue weighted by atomic mass is 9.79. The predicted octanol–water partition coefficient (Wildman–Crippen LogP) is 6.10. The maximum Gasteiger partial charge on any atom is 0.303 e. The van der Waals surface area contributed by atoms with E-state index in [0.717, 1.165) is 66.9 Å². The molecule has 8 heteroatoms. The third kappa shape index (κ3) is 7.44. The number of hydrogen-bond donors (Lipinski definition) is 2. The summed E-state index contributed by atoms with van der Waals surface area (Å²) in [6.45, 7) is 3.05. The van der Waals surface area contributed by atoms with Gasteiger partial charge in [0, 0.05) is 30.3 Å². The highest BCUT2D eigenvalue weighted by Gasteiger charge is 2.30. The van der Waals surface area contributed by atoms with Crippen molar-refractivity contribution in [3.8, 4) is 5.75 Å². The Kier molecular flexibility index (Phi) is 10.0. The van der Waals surface area contributed by atoms with Crippen molar-refractivity contribution in [2.75, 3.05) is 32.5 Å². The van der Waals surface area contributed by atoms with Crippen LogP contribution in [-0.2, 0) is 4.79 Å². The number of ether oxygens (including phenoxy) is 1. The summed E-state index contributed by atoms with van der Waals surface area (Å²) < 4.78 is 6.74. The lowest BCUT2D eigenvalue weighted by Crippen LogP contribution is -2.41. The average molecular weight is 529 g/mol. The third-order valence-corrected chi connectivity index (χ3v) is 9.43. The number of carbonyl (C=O) groups is 1. The smallest absolute Gasteiger partial charge is 0.303 e. The molecule has 4 rings (SSSR count). The largest absolute Gasteiger partial charge is 0.497 e. The zero-order valence-electron chi connectivity index (χ0n) is 20.8. The number of pyridine rings is 1. The summed E-state index contributed by atoms with van der Waals surface area (Å²) in [5.74, 6) is 1.91. The Labute approximate surface area is 221 Å². The summed E-state index contributed by atoms with van der Waals surface area (Å²) in [5, 5.41) is 23.4. The van der Waals surface area contributed by atoms with Gasteiger partial charge in [0.1, 0.15) is 5.75 Å². The van der Waals surface area contributed by atoms with Crippen LogP contribution in [0.25, 0.3) is 10.9 Å². The number of rotatable bonds is 13. The highest BCUT2D eigenvalue weighted by atomic mass is 32.2. The van der Waals surface area contributed by atoms with E-state index < -0.39 is 12.1 Å². The molecule has 1 saturated heterocycles. The molecule has 1 aliphatic heterocycles. The molecule has 0 unspecified atom stereocenters. The fourth-order valence-corrected chi connectivity index (χ4v) is 7.06. The van der Waals surface area contributed by atoms with Gasteiger partial charge in [0.15, 0.2) is 0 Å². The molecule has 0 bridgehead atoms. The maximum absolute atomic E-state index is 11.3. The molecule has 6 nitrogen and oxygen atoms in total. The number of thiophene rings is 1. The Hall–Kier alpha value is -2.13. The van der Waals surface area contributed by atoms with Crippen molar-refractivity contribution < 1.29 is 19.7 Å². The van der Waals surface area contributed by atoms with E-state index in [1.807, 2.05) is 36.0 Å². The van der Waals surface area contributed by atoms with Crippen LogP contribution in [0.2, 0.25) is 0 Å². The summed E-state index contributed by atoms with van der Waals surface area (Å²) in [4.78, 5) is 18.2. The summed E-state index contributed by atoms with van der Waals surface area (Å²) in [6.07, 6.45) is 5.81. The van der Waals surface area contributed by atoms with Crippen LogP contribution in [-0.4, -0.2) is 58.6 Å². The molecule has 1 aliphatic rings. The van der Waals surface area contributed by atoms with Crippen molar-refractivity contribution in [1.82, 2.24) is 9.88 Å². The number of aromatic nitrogens is 1. The van der Waals surface area contributed by atoms with Gasteiger partial charge in [-0.05, 0) is 98.3 Å². The number of carboxylic acid groups (broad SMARTS) is 1. The number of carboxylic acids is 1. The summed E-state index contributed by atoms with van der Waals surface area (Å²) in [6, 6.07) is 11.9. The molecule has 36 heavy (non-hydrogen) atoms. The minimum atomic E-state index is -0.726. The molecule has 0 radical (unpaired) electrons. The quantitative estimate of drug-likeness (QED) is 0.205. The molecular weight excluding hydrogens is 492 g/mol. The van der Waals surface area contributed by atoms with E-state index in [4.69, 9.17) is 4.74 Å². The third-order valence-electron chi connectivity index (χ3n) is 7.21. The molecule has 0 spiro atoms. The van der Waals surface area contributed by atoms with E-state index in [2.05, 4.69) is 27.4 Å². The van der Waals surface area contributed by atoms with Gasteiger partial charge < -0.3 is 19.8 Å². The predicted molar refractivity (Wildman–Crippen MR) is 147 cm³/mol. The van der Waals surface area contributed by atoms with Gasteiger partial charge >= 0.3 is 5.97 Å². The summed E-state index contributed by atoms with van der Waals surface area (Å²) in [7, 11) is 1.64. The van der Waals surface area contributed by atoms with Crippen LogP contribution < -0.4 is 4.74 Å². The van der Waals surface area contributed by atoms with Crippen molar-refractivity contribution in [3.63, 3.8) is 0 Å². The van der Waals surface area contributed by atoms with E-state index >= 15 is 0 Å². The molecule has 2 aromatic heterocycles. The number of likely N-dealkylation sites (tertiary alicyclic amines) is 1. The van der Waals surface area contributed by atoms with Gasteiger partial charge in [-0.1, -0.05) is 6.07 Å². The lowest BCUT2D eigenvalue weighted by Gasteiger charge is -2.39. The molecule has 1 fully saturated rings. The van der Waals surface area contributed by atoms with Gasteiger partial charge in [0.05, 0.1) is 22.9 Å². The minimum absolute atomic E-state index is 0.209.